The van der Waals surface area contributed by atoms with Crippen molar-refractivity contribution in [2.24, 2.45) is 11.1 Å². The Morgan fingerprint density at radius 3 is 2.79 bits per heavy atom. The van der Waals surface area contributed by atoms with Crippen LogP contribution in [0.15, 0.2) is 30.9 Å². The first-order valence-corrected chi connectivity index (χ1v) is 9.61. The lowest BCUT2D eigenvalue weighted by molar-refractivity contribution is -0.147. The predicted molar refractivity (Wildman–Crippen MR) is 111 cm³/mol. The fourth-order valence-corrected chi connectivity index (χ4v) is 4.69. The molecule has 1 aromatic carbocycles. The minimum absolute atomic E-state index is 0.0321. The smallest absolute Gasteiger partial charge is 0.245 e. The number of amides is 1. The molecule has 1 aromatic heterocycles. The Kier molecular flexibility index (Phi) is 4.41. The van der Waals surface area contributed by atoms with E-state index in [1.54, 1.807) is 12.1 Å². The Hall–Kier alpha value is -3.22. The zero-order chi connectivity index (χ0) is 20.9. The quantitative estimate of drug-likeness (QED) is 0.596. The first-order valence-electron chi connectivity index (χ1n) is 9.61. The number of nitrogens with zero attached hydrogens (tertiary/aromatic N) is 1. The molecule has 1 amide bonds. The molecule has 7 heteroatoms. The van der Waals surface area contributed by atoms with Gasteiger partial charge in [0.1, 0.15) is 5.82 Å². The fraction of sp³-hybridized carbons (Fsp3) is 0.318. The molecule has 29 heavy (non-hydrogen) atoms. The average molecular weight is 396 g/mol. The second kappa shape index (κ2) is 6.69. The molecule has 2 fully saturated rings. The average Bonchev–Trinajstić information content (AvgIpc) is 2.89. The molecule has 1 aliphatic carbocycles. The van der Waals surface area contributed by atoms with Crippen molar-refractivity contribution >= 4 is 23.5 Å². The molecule has 6 nitrogen and oxygen atoms in total. The summed E-state index contributed by atoms with van der Waals surface area (Å²) < 4.78 is 13.6. The van der Waals surface area contributed by atoms with Crippen molar-refractivity contribution in [3.05, 3.63) is 59.1 Å². The molecule has 1 unspecified atom stereocenters. The van der Waals surface area contributed by atoms with Gasteiger partial charge in [0, 0.05) is 46.9 Å². The van der Waals surface area contributed by atoms with Crippen molar-refractivity contribution in [3.63, 3.8) is 0 Å². The third kappa shape index (κ3) is 2.88. The van der Waals surface area contributed by atoms with Gasteiger partial charge in [-0.3, -0.25) is 4.79 Å². The maximum atomic E-state index is 13.6. The fourth-order valence-electron chi connectivity index (χ4n) is 4.69. The highest BCUT2D eigenvalue weighted by Crippen LogP contribution is 2.58. The first-order chi connectivity index (χ1) is 13.8. The molecule has 1 saturated carbocycles. The monoisotopic (exact) mass is 396 g/mol. The van der Waals surface area contributed by atoms with E-state index in [1.165, 1.54) is 18.2 Å². The molecule has 0 bridgehead atoms. The molecule has 4 rings (SSSR count). The highest BCUT2D eigenvalue weighted by Gasteiger charge is 2.56. The molecule has 1 saturated heterocycles. The number of nitrogens with two attached hydrogens (primary N) is 2. The predicted octanol–water partition coefficient (Wildman–Crippen LogP) is 3.10. The third-order valence-corrected chi connectivity index (χ3v) is 6.48. The standard InChI is InChI=1S/C22H25FN4O2/c1-3-18(28)27-10-22(11-27)8-7-15(22)19-12(2)14(21(25)26-19)9-17(24)13-5-4-6-16(23)20(13)29/h3-6,9,15,26,29H,1,7-8,10-11,24-25H2,2H3/b17-9-. The van der Waals surface area contributed by atoms with Crippen LogP contribution in [0.3, 0.4) is 0 Å². The molecule has 0 radical (unpaired) electrons. The van der Waals surface area contributed by atoms with Crippen LogP contribution in [0.25, 0.3) is 11.8 Å². The van der Waals surface area contributed by atoms with Gasteiger partial charge in [-0.25, -0.2) is 4.39 Å². The third-order valence-electron chi connectivity index (χ3n) is 6.48. The Balaban J connectivity index is 1.62. The molecule has 1 spiro atoms. The van der Waals surface area contributed by atoms with Gasteiger partial charge in [-0.15, -0.1) is 0 Å². The first kappa shape index (κ1) is 19.1. The summed E-state index contributed by atoms with van der Waals surface area (Å²) in [6.45, 7) is 6.98. The lowest BCUT2D eigenvalue weighted by Gasteiger charge is -2.60. The lowest BCUT2D eigenvalue weighted by atomic mass is 9.54. The summed E-state index contributed by atoms with van der Waals surface area (Å²) in [5.74, 6) is -0.456. The van der Waals surface area contributed by atoms with Crippen LogP contribution in [0.4, 0.5) is 10.2 Å². The van der Waals surface area contributed by atoms with Gasteiger partial charge in [-0.2, -0.15) is 0 Å². The van der Waals surface area contributed by atoms with E-state index < -0.39 is 11.6 Å². The number of hydrogen-bond donors (Lipinski definition) is 4. The number of benzene rings is 1. The Morgan fingerprint density at radius 2 is 2.17 bits per heavy atom. The van der Waals surface area contributed by atoms with E-state index in [0.717, 1.165) is 42.8 Å². The summed E-state index contributed by atoms with van der Waals surface area (Å²) in [5.41, 5.74) is 15.7. The van der Waals surface area contributed by atoms with Crippen LogP contribution < -0.4 is 11.5 Å². The van der Waals surface area contributed by atoms with Gasteiger partial charge >= 0.3 is 0 Å². The summed E-state index contributed by atoms with van der Waals surface area (Å²) in [6, 6.07) is 4.23. The number of rotatable bonds is 4. The summed E-state index contributed by atoms with van der Waals surface area (Å²) >= 11 is 0. The number of carbonyl (C=O) groups excluding carboxylic acids is 1. The van der Waals surface area contributed by atoms with E-state index in [4.69, 9.17) is 11.5 Å². The number of carbonyl (C=O) groups is 1. The van der Waals surface area contributed by atoms with E-state index in [0.29, 0.717) is 11.7 Å². The van der Waals surface area contributed by atoms with E-state index in [9.17, 15) is 14.3 Å². The number of aromatic nitrogens is 1. The van der Waals surface area contributed by atoms with Gasteiger partial charge in [0.15, 0.2) is 11.6 Å². The summed E-state index contributed by atoms with van der Waals surface area (Å²) in [4.78, 5) is 16.9. The largest absolute Gasteiger partial charge is 0.504 e. The Bertz CT molecular complexity index is 1030. The number of phenolic OH excluding ortho intramolecular Hbond substituents is 1. The molecular weight excluding hydrogens is 371 g/mol. The minimum Gasteiger partial charge on any atom is -0.504 e. The number of para-hydroxylation sites is 1. The highest BCUT2D eigenvalue weighted by atomic mass is 19.1. The van der Waals surface area contributed by atoms with Crippen molar-refractivity contribution in [1.29, 1.82) is 0 Å². The van der Waals surface area contributed by atoms with Gasteiger partial charge < -0.3 is 26.5 Å². The number of H-pyrrole nitrogens is 1. The maximum Gasteiger partial charge on any atom is 0.245 e. The van der Waals surface area contributed by atoms with Gasteiger partial charge in [0.25, 0.3) is 0 Å². The lowest BCUT2D eigenvalue weighted by Crippen LogP contribution is -2.64. The van der Waals surface area contributed by atoms with E-state index in [1.807, 2.05) is 11.8 Å². The van der Waals surface area contributed by atoms with Crippen molar-refractivity contribution in [2.45, 2.75) is 25.7 Å². The Labute approximate surface area is 168 Å². The van der Waals surface area contributed by atoms with Gasteiger partial charge in [-0.1, -0.05) is 12.6 Å². The normalized spacial score (nSPS) is 20.3. The number of anilines is 1. The van der Waals surface area contributed by atoms with Crippen LogP contribution in [-0.4, -0.2) is 34.0 Å². The maximum absolute atomic E-state index is 13.6. The molecule has 1 atom stereocenters. The van der Waals surface area contributed by atoms with Crippen LogP contribution in [0, 0.1) is 18.2 Å². The summed E-state index contributed by atoms with van der Waals surface area (Å²) in [5, 5.41) is 9.95. The summed E-state index contributed by atoms with van der Waals surface area (Å²) in [7, 11) is 0. The van der Waals surface area contributed by atoms with Gasteiger partial charge in [-0.05, 0) is 49.6 Å². The molecule has 1 aliphatic heterocycles. The zero-order valence-corrected chi connectivity index (χ0v) is 16.3. The molecule has 2 aromatic rings. The van der Waals surface area contributed by atoms with Crippen molar-refractivity contribution in [1.82, 2.24) is 9.88 Å². The minimum atomic E-state index is -0.724. The van der Waals surface area contributed by atoms with Crippen molar-refractivity contribution in [3.8, 4) is 5.75 Å². The topological polar surface area (TPSA) is 108 Å². The van der Waals surface area contributed by atoms with Crippen molar-refractivity contribution in [2.75, 3.05) is 18.8 Å². The second-order valence-electron chi connectivity index (χ2n) is 8.08. The molecule has 2 heterocycles. The zero-order valence-electron chi connectivity index (χ0n) is 16.3. The van der Waals surface area contributed by atoms with E-state index >= 15 is 0 Å². The number of phenols is 1. The molecule has 152 valence electrons. The number of nitrogens with one attached hydrogen (secondary N) is 1. The van der Waals surface area contributed by atoms with Crippen molar-refractivity contribution < 1.29 is 14.3 Å². The SMILES string of the molecule is C=CC(=O)N1CC2(CCC2c2[nH]c(N)c(/C=C(\N)c3cccc(F)c3O)c2C)C1. The van der Waals surface area contributed by atoms with Crippen LogP contribution in [0.2, 0.25) is 0 Å². The molecule has 2 aliphatic rings. The molecule has 6 N–H and O–H groups in total. The number of halogens is 1. The van der Waals surface area contributed by atoms with Crippen LogP contribution in [-0.2, 0) is 4.79 Å². The summed E-state index contributed by atoms with van der Waals surface area (Å²) in [6.07, 6.45) is 5.12. The second-order valence-corrected chi connectivity index (χ2v) is 8.08. The number of aromatic hydroxyl groups is 1. The van der Waals surface area contributed by atoms with Gasteiger partial charge in [0.2, 0.25) is 5.91 Å². The van der Waals surface area contributed by atoms with Crippen LogP contribution in [0.5, 0.6) is 5.75 Å². The highest BCUT2D eigenvalue weighted by molar-refractivity contribution is 5.88. The number of aromatic amines is 1. The van der Waals surface area contributed by atoms with E-state index in [-0.39, 0.29) is 22.6 Å². The number of likely N-dealkylation sites (tertiary alicyclic amines) is 1. The van der Waals surface area contributed by atoms with Crippen LogP contribution in [0.1, 0.15) is 41.1 Å². The van der Waals surface area contributed by atoms with Gasteiger partial charge in [0.05, 0.1) is 0 Å². The number of hydrogen-bond acceptors (Lipinski definition) is 4. The number of nitrogen functional groups attached to an aromatic ring is 1. The van der Waals surface area contributed by atoms with E-state index in [2.05, 4.69) is 11.6 Å². The molecular formula is C22H25FN4O2. The Morgan fingerprint density at radius 1 is 1.45 bits per heavy atom. The van der Waals surface area contributed by atoms with Crippen LogP contribution >= 0.6 is 0 Å².